The van der Waals surface area contributed by atoms with Gasteiger partial charge in [0.2, 0.25) is 0 Å². The van der Waals surface area contributed by atoms with Gasteiger partial charge in [0.05, 0.1) is 4.92 Å². The third-order valence-corrected chi connectivity index (χ3v) is 2.92. The summed E-state index contributed by atoms with van der Waals surface area (Å²) in [5.41, 5.74) is 1.27. The number of aryl methyl sites for hydroxylation is 1. The molecule has 0 aliphatic carbocycles. The summed E-state index contributed by atoms with van der Waals surface area (Å²) in [6.07, 6.45) is 1.73. The molecule has 0 amide bonds. The van der Waals surface area contributed by atoms with Gasteiger partial charge in [0.25, 0.3) is 5.69 Å². The maximum absolute atomic E-state index is 13.4. The van der Waals surface area contributed by atoms with Crippen LogP contribution in [0.2, 0.25) is 0 Å². The second-order valence-corrected chi connectivity index (χ2v) is 4.38. The number of aromatic nitrogens is 1. The third-order valence-electron chi connectivity index (χ3n) is 2.92. The molecular formula is C14H14FN3O2. The van der Waals surface area contributed by atoms with E-state index in [1.807, 2.05) is 0 Å². The molecular weight excluding hydrogens is 261 g/mol. The summed E-state index contributed by atoms with van der Waals surface area (Å²) in [5.74, 6) is 0.342. The van der Waals surface area contributed by atoms with Crippen LogP contribution in [0.15, 0.2) is 36.5 Å². The lowest BCUT2D eigenvalue weighted by atomic mass is 10.1. The summed E-state index contributed by atoms with van der Waals surface area (Å²) in [4.78, 5) is 14.1. The van der Waals surface area contributed by atoms with Crippen LogP contribution < -0.4 is 5.32 Å². The Morgan fingerprint density at radius 1 is 1.40 bits per heavy atom. The largest absolute Gasteiger partial charge is 0.370 e. The van der Waals surface area contributed by atoms with E-state index in [4.69, 9.17) is 0 Å². The van der Waals surface area contributed by atoms with E-state index < -0.39 is 4.92 Å². The van der Waals surface area contributed by atoms with Crippen LogP contribution in [-0.4, -0.2) is 16.5 Å². The van der Waals surface area contributed by atoms with E-state index in [0.29, 0.717) is 29.9 Å². The van der Waals surface area contributed by atoms with Crippen molar-refractivity contribution in [3.8, 4) is 0 Å². The fourth-order valence-electron chi connectivity index (χ4n) is 1.86. The fourth-order valence-corrected chi connectivity index (χ4v) is 1.86. The monoisotopic (exact) mass is 275 g/mol. The zero-order valence-electron chi connectivity index (χ0n) is 11.0. The number of hydrogen-bond donors (Lipinski definition) is 1. The first kappa shape index (κ1) is 13.9. The minimum Gasteiger partial charge on any atom is -0.370 e. The number of nitrogens with zero attached hydrogens (tertiary/aromatic N) is 2. The van der Waals surface area contributed by atoms with Crippen molar-refractivity contribution in [1.82, 2.24) is 4.98 Å². The molecule has 1 aromatic carbocycles. The molecule has 0 saturated heterocycles. The number of anilines is 1. The van der Waals surface area contributed by atoms with E-state index in [-0.39, 0.29) is 11.5 Å². The molecule has 20 heavy (non-hydrogen) atoms. The first-order valence-electron chi connectivity index (χ1n) is 6.16. The van der Waals surface area contributed by atoms with Crippen LogP contribution in [0.25, 0.3) is 0 Å². The summed E-state index contributed by atoms with van der Waals surface area (Å²) in [7, 11) is 0. The predicted octanol–water partition coefficient (Wildman–Crippen LogP) is 3.09. The summed E-state index contributed by atoms with van der Waals surface area (Å²) >= 11 is 0. The van der Waals surface area contributed by atoms with Crippen molar-refractivity contribution < 1.29 is 9.31 Å². The Labute approximate surface area is 115 Å². The lowest BCUT2D eigenvalue weighted by Crippen LogP contribution is -2.08. The molecule has 0 unspecified atom stereocenters. The van der Waals surface area contributed by atoms with Gasteiger partial charge in [-0.2, -0.15) is 0 Å². The number of halogens is 1. The highest BCUT2D eigenvalue weighted by Gasteiger charge is 2.09. The lowest BCUT2D eigenvalue weighted by molar-refractivity contribution is -0.385. The molecule has 6 heteroatoms. The lowest BCUT2D eigenvalue weighted by Gasteiger charge is -2.08. The highest BCUT2D eigenvalue weighted by Crippen LogP contribution is 2.18. The molecule has 5 nitrogen and oxygen atoms in total. The van der Waals surface area contributed by atoms with Gasteiger partial charge in [-0.15, -0.1) is 0 Å². The first-order chi connectivity index (χ1) is 9.58. The average molecular weight is 275 g/mol. The van der Waals surface area contributed by atoms with Crippen molar-refractivity contribution >= 4 is 11.5 Å². The van der Waals surface area contributed by atoms with Gasteiger partial charge in [-0.25, -0.2) is 9.37 Å². The number of rotatable bonds is 5. The Kier molecular flexibility index (Phi) is 4.24. The van der Waals surface area contributed by atoms with Crippen LogP contribution in [0.4, 0.5) is 15.9 Å². The number of nitrogens with one attached hydrogen (secondary N) is 1. The molecule has 0 aliphatic rings. The quantitative estimate of drug-likeness (QED) is 0.672. The SMILES string of the molecule is Cc1cc([N+](=O)[O-])cnc1NCCc1ccccc1F. The first-order valence-corrected chi connectivity index (χ1v) is 6.16. The minimum atomic E-state index is -0.483. The second-order valence-electron chi connectivity index (χ2n) is 4.38. The van der Waals surface area contributed by atoms with Gasteiger partial charge < -0.3 is 5.32 Å². The molecule has 2 aromatic rings. The van der Waals surface area contributed by atoms with Crippen molar-refractivity contribution in [2.24, 2.45) is 0 Å². The second kappa shape index (κ2) is 6.10. The summed E-state index contributed by atoms with van der Waals surface area (Å²) in [6, 6.07) is 8.04. The van der Waals surface area contributed by atoms with Gasteiger partial charge in [0.15, 0.2) is 0 Å². The number of nitro groups is 1. The van der Waals surface area contributed by atoms with Crippen LogP contribution >= 0.6 is 0 Å². The highest BCUT2D eigenvalue weighted by atomic mass is 19.1. The molecule has 1 N–H and O–H groups in total. The van der Waals surface area contributed by atoms with E-state index in [2.05, 4.69) is 10.3 Å². The Morgan fingerprint density at radius 3 is 2.80 bits per heavy atom. The molecule has 0 atom stereocenters. The number of hydrogen-bond acceptors (Lipinski definition) is 4. The van der Waals surface area contributed by atoms with Crippen LogP contribution in [0.3, 0.4) is 0 Å². The van der Waals surface area contributed by atoms with Crippen LogP contribution in [-0.2, 0) is 6.42 Å². The zero-order chi connectivity index (χ0) is 14.5. The average Bonchev–Trinajstić information content (AvgIpc) is 2.42. The normalized spacial score (nSPS) is 10.3. The van der Waals surface area contributed by atoms with Crippen molar-refractivity contribution in [2.75, 3.05) is 11.9 Å². The standard InChI is InChI=1S/C14H14FN3O2/c1-10-8-12(18(19)20)9-17-14(10)16-7-6-11-4-2-3-5-13(11)15/h2-5,8-9H,6-7H2,1H3,(H,16,17). The van der Waals surface area contributed by atoms with Crippen LogP contribution in [0, 0.1) is 22.9 Å². The van der Waals surface area contributed by atoms with E-state index in [0.717, 1.165) is 0 Å². The van der Waals surface area contributed by atoms with E-state index in [1.54, 1.807) is 25.1 Å². The Morgan fingerprint density at radius 2 is 2.15 bits per heavy atom. The molecule has 0 fully saturated rings. The van der Waals surface area contributed by atoms with Gasteiger partial charge in [-0.3, -0.25) is 10.1 Å². The van der Waals surface area contributed by atoms with Crippen LogP contribution in [0.1, 0.15) is 11.1 Å². The molecule has 0 aliphatic heterocycles. The molecule has 0 radical (unpaired) electrons. The molecule has 0 spiro atoms. The molecule has 0 bridgehead atoms. The van der Waals surface area contributed by atoms with Crippen molar-refractivity contribution in [3.05, 3.63) is 63.6 Å². The molecule has 1 heterocycles. The van der Waals surface area contributed by atoms with E-state index >= 15 is 0 Å². The Bertz CT molecular complexity index is 632. The van der Waals surface area contributed by atoms with Gasteiger partial charge in [0, 0.05) is 12.6 Å². The third kappa shape index (κ3) is 3.28. The highest BCUT2D eigenvalue weighted by molar-refractivity contribution is 5.48. The number of benzene rings is 1. The smallest absolute Gasteiger partial charge is 0.287 e. The van der Waals surface area contributed by atoms with E-state index in [1.165, 1.54) is 18.3 Å². The van der Waals surface area contributed by atoms with Gasteiger partial charge >= 0.3 is 0 Å². The topological polar surface area (TPSA) is 68.1 Å². The number of pyridine rings is 1. The maximum atomic E-state index is 13.4. The summed E-state index contributed by atoms with van der Waals surface area (Å²) in [6.45, 7) is 2.25. The summed E-state index contributed by atoms with van der Waals surface area (Å²) in [5, 5.41) is 13.7. The molecule has 104 valence electrons. The van der Waals surface area contributed by atoms with Gasteiger partial charge in [-0.1, -0.05) is 18.2 Å². The molecule has 0 saturated carbocycles. The van der Waals surface area contributed by atoms with E-state index in [9.17, 15) is 14.5 Å². The van der Waals surface area contributed by atoms with Crippen molar-refractivity contribution in [2.45, 2.75) is 13.3 Å². The Balaban J connectivity index is 1.98. The van der Waals surface area contributed by atoms with Crippen LogP contribution in [0.5, 0.6) is 0 Å². The fraction of sp³-hybridized carbons (Fsp3) is 0.214. The van der Waals surface area contributed by atoms with Gasteiger partial charge in [0.1, 0.15) is 17.8 Å². The minimum absolute atomic E-state index is 0.0397. The van der Waals surface area contributed by atoms with Gasteiger partial charge in [-0.05, 0) is 30.5 Å². The molecule has 2 rings (SSSR count). The Hall–Kier alpha value is -2.50. The zero-order valence-corrected chi connectivity index (χ0v) is 11.0. The summed E-state index contributed by atoms with van der Waals surface area (Å²) < 4.78 is 13.4. The van der Waals surface area contributed by atoms with Crippen molar-refractivity contribution in [3.63, 3.8) is 0 Å². The predicted molar refractivity (Wildman–Crippen MR) is 74.2 cm³/mol. The molecule has 1 aromatic heterocycles. The maximum Gasteiger partial charge on any atom is 0.287 e. The van der Waals surface area contributed by atoms with Crippen molar-refractivity contribution in [1.29, 1.82) is 0 Å².